The quantitative estimate of drug-likeness (QED) is 0.855. The fraction of sp³-hybridized carbons (Fsp3) is 0.235. The smallest absolute Gasteiger partial charge is 0.272 e. The van der Waals surface area contributed by atoms with Crippen molar-refractivity contribution in [1.29, 1.82) is 5.26 Å². The Labute approximate surface area is 132 Å². The molecule has 1 aliphatic rings. The molecule has 3 rings (SSSR count). The third-order valence-electron chi connectivity index (χ3n) is 3.94. The van der Waals surface area contributed by atoms with Crippen LogP contribution in [0.25, 0.3) is 0 Å². The molecule has 2 heterocycles. The third-order valence-corrected chi connectivity index (χ3v) is 3.94. The van der Waals surface area contributed by atoms with Crippen molar-refractivity contribution in [2.75, 3.05) is 6.54 Å². The van der Waals surface area contributed by atoms with Gasteiger partial charge < -0.3 is 4.90 Å². The minimum atomic E-state index is -0.530. The molecule has 23 heavy (non-hydrogen) atoms. The molecule has 0 saturated carbocycles. The topological polar surface area (TPSA) is 57.0 Å². The molecule has 0 radical (unpaired) electrons. The summed E-state index contributed by atoms with van der Waals surface area (Å²) in [5, 5.41) is 8.76. The molecule has 1 atom stereocenters. The van der Waals surface area contributed by atoms with Crippen molar-refractivity contribution in [2.24, 2.45) is 0 Å². The van der Waals surface area contributed by atoms with Gasteiger partial charge >= 0.3 is 0 Å². The molecule has 4 nitrogen and oxygen atoms in total. The average molecular weight is 313 g/mol. The molecule has 1 aromatic heterocycles. The van der Waals surface area contributed by atoms with Gasteiger partial charge in [-0.3, -0.25) is 4.79 Å². The number of amides is 1. The number of carbonyl (C=O) groups is 1. The van der Waals surface area contributed by atoms with E-state index < -0.39 is 17.7 Å². The standard InChI is InChI=1S/C17H13F2N3O/c18-12-4-5-14(19)13(8-12)16-2-1-7-22(16)17(23)15-6-3-11(9-20)10-21-15/h3-6,8,10,16H,1-2,7H2. The first kappa shape index (κ1) is 15.1. The van der Waals surface area contributed by atoms with Gasteiger partial charge in [0.25, 0.3) is 5.91 Å². The first-order chi connectivity index (χ1) is 11.1. The van der Waals surface area contributed by atoms with Gasteiger partial charge in [0.05, 0.1) is 11.6 Å². The summed E-state index contributed by atoms with van der Waals surface area (Å²) in [6.07, 6.45) is 2.60. The average Bonchev–Trinajstić information content (AvgIpc) is 3.06. The normalized spacial score (nSPS) is 17.1. The Morgan fingerprint density at radius 3 is 2.83 bits per heavy atom. The van der Waals surface area contributed by atoms with E-state index in [-0.39, 0.29) is 17.2 Å². The number of carbonyl (C=O) groups excluding carboxylic acids is 1. The monoisotopic (exact) mass is 313 g/mol. The van der Waals surface area contributed by atoms with Crippen LogP contribution in [0.5, 0.6) is 0 Å². The predicted octanol–water partition coefficient (Wildman–Crippen LogP) is 3.21. The van der Waals surface area contributed by atoms with E-state index in [1.54, 1.807) is 0 Å². The van der Waals surface area contributed by atoms with Gasteiger partial charge in [-0.05, 0) is 43.2 Å². The Balaban J connectivity index is 1.90. The molecule has 1 saturated heterocycles. The van der Waals surface area contributed by atoms with E-state index in [4.69, 9.17) is 5.26 Å². The van der Waals surface area contributed by atoms with Crippen LogP contribution >= 0.6 is 0 Å². The Morgan fingerprint density at radius 2 is 2.13 bits per heavy atom. The highest BCUT2D eigenvalue weighted by Crippen LogP contribution is 2.34. The summed E-state index contributed by atoms with van der Waals surface area (Å²) >= 11 is 0. The molecule has 6 heteroatoms. The van der Waals surface area contributed by atoms with E-state index in [9.17, 15) is 13.6 Å². The van der Waals surface area contributed by atoms with Gasteiger partial charge in [-0.2, -0.15) is 5.26 Å². The van der Waals surface area contributed by atoms with Gasteiger partial charge in [0.15, 0.2) is 0 Å². The lowest BCUT2D eigenvalue weighted by atomic mass is 10.0. The highest BCUT2D eigenvalue weighted by molar-refractivity contribution is 5.92. The van der Waals surface area contributed by atoms with E-state index >= 15 is 0 Å². The number of rotatable bonds is 2. The summed E-state index contributed by atoms with van der Waals surface area (Å²) in [5.74, 6) is -1.40. The van der Waals surface area contributed by atoms with Crippen molar-refractivity contribution >= 4 is 5.91 Å². The number of halogens is 2. The Hall–Kier alpha value is -2.81. The summed E-state index contributed by atoms with van der Waals surface area (Å²) in [4.78, 5) is 18.1. The van der Waals surface area contributed by atoms with Gasteiger partial charge in [-0.25, -0.2) is 13.8 Å². The first-order valence-electron chi connectivity index (χ1n) is 7.22. The molecule has 1 amide bonds. The summed E-state index contributed by atoms with van der Waals surface area (Å²) < 4.78 is 27.4. The zero-order valence-corrected chi connectivity index (χ0v) is 12.2. The first-order valence-corrected chi connectivity index (χ1v) is 7.22. The van der Waals surface area contributed by atoms with Crippen molar-refractivity contribution in [3.63, 3.8) is 0 Å². The highest BCUT2D eigenvalue weighted by Gasteiger charge is 2.33. The number of likely N-dealkylation sites (tertiary alicyclic amines) is 1. The van der Waals surface area contributed by atoms with Gasteiger partial charge in [0, 0.05) is 18.3 Å². The molecule has 0 N–H and O–H groups in total. The number of pyridine rings is 1. The SMILES string of the molecule is N#Cc1ccc(C(=O)N2CCCC2c2cc(F)ccc2F)nc1. The zero-order valence-electron chi connectivity index (χ0n) is 12.2. The van der Waals surface area contributed by atoms with E-state index in [0.717, 1.165) is 18.2 Å². The van der Waals surface area contributed by atoms with E-state index in [1.165, 1.54) is 23.2 Å². The van der Waals surface area contributed by atoms with Crippen LogP contribution in [0.3, 0.4) is 0 Å². The van der Waals surface area contributed by atoms with Crippen molar-refractivity contribution in [3.05, 3.63) is 65.0 Å². The Morgan fingerprint density at radius 1 is 1.30 bits per heavy atom. The third kappa shape index (κ3) is 2.90. The largest absolute Gasteiger partial charge is 0.330 e. The molecule has 0 bridgehead atoms. The molecule has 1 aliphatic heterocycles. The van der Waals surface area contributed by atoms with Crippen molar-refractivity contribution in [3.8, 4) is 6.07 Å². The van der Waals surface area contributed by atoms with E-state index in [1.807, 2.05) is 6.07 Å². The fourth-order valence-electron chi connectivity index (χ4n) is 2.84. The number of hydrogen-bond acceptors (Lipinski definition) is 3. The Bertz CT molecular complexity index is 783. The van der Waals surface area contributed by atoms with Crippen LogP contribution in [0, 0.1) is 23.0 Å². The molecule has 1 fully saturated rings. The number of aromatic nitrogens is 1. The van der Waals surface area contributed by atoms with Crippen molar-refractivity contribution in [2.45, 2.75) is 18.9 Å². The van der Waals surface area contributed by atoms with Gasteiger partial charge in [0.2, 0.25) is 0 Å². The molecule has 1 aromatic carbocycles. The van der Waals surface area contributed by atoms with Crippen LogP contribution in [0.4, 0.5) is 8.78 Å². The maximum atomic E-state index is 14.0. The van der Waals surface area contributed by atoms with Crippen molar-refractivity contribution < 1.29 is 13.6 Å². The lowest BCUT2D eigenvalue weighted by Crippen LogP contribution is -2.31. The van der Waals surface area contributed by atoms with Gasteiger partial charge in [0.1, 0.15) is 23.4 Å². The van der Waals surface area contributed by atoms with Gasteiger partial charge in [-0.15, -0.1) is 0 Å². The van der Waals surface area contributed by atoms with Gasteiger partial charge in [-0.1, -0.05) is 0 Å². The maximum Gasteiger partial charge on any atom is 0.272 e. The van der Waals surface area contributed by atoms with E-state index in [2.05, 4.69) is 4.98 Å². The minimum Gasteiger partial charge on any atom is -0.330 e. The van der Waals surface area contributed by atoms with Crippen LogP contribution in [0.2, 0.25) is 0 Å². The highest BCUT2D eigenvalue weighted by atomic mass is 19.1. The van der Waals surface area contributed by atoms with Crippen LogP contribution in [-0.4, -0.2) is 22.3 Å². The molecule has 2 aromatic rings. The van der Waals surface area contributed by atoms with Crippen LogP contribution in [0.15, 0.2) is 36.5 Å². The predicted molar refractivity (Wildman–Crippen MR) is 78.3 cm³/mol. The second-order valence-corrected chi connectivity index (χ2v) is 5.37. The molecular weight excluding hydrogens is 300 g/mol. The maximum absolute atomic E-state index is 14.0. The number of benzene rings is 1. The Kier molecular flexibility index (Phi) is 4.02. The summed E-state index contributed by atoms with van der Waals surface area (Å²) in [5.41, 5.74) is 0.730. The number of hydrogen-bond donors (Lipinski definition) is 0. The van der Waals surface area contributed by atoms with Crippen LogP contribution < -0.4 is 0 Å². The summed E-state index contributed by atoms with van der Waals surface area (Å²) in [6.45, 7) is 0.459. The van der Waals surface area contributed by atoms with Crippen LogP contribution in [-0.2, 0) is 0 Å². The molecule has 1 unspecified atom stereocenters. The minimum absolute atomic E-state index is 0.185. The number of nitriles is 1. The lowest BCUT2D eigenvalue weighted by molar-refractivity contribution is 0.0727. The molecule has 0 aliphatic carbocycles. The second kappa shape index (κ2) is 6.13. The molecule has 0 spiro atoms. The molecule has 116 valence electrons. The van der Waals surface area contributed by atoms with E-state index in [0.29, 0.717) is 24.9 Å². The number of nitrogens with zero attached hydrogens (tertiary/aromatic N) is 3. The summed E-state index contributed by atoms with van der Waals surface area (Å²) in [7, 11) is 0. The summed E-state index contributed by atoms with van der Waals surface area (Å²) in [6, 6.07) is 7.68. The fourth-order valence-corrected chi connectivity index (χ4v) is 2.84. The lowest BCUT2D eigenvalue weighted by Gasteiger charge is -2.25. The van der Waals surface area contributed by atoms with Crippen molar-refractivity contribution in [1.82, 2.24) is 9.88 Å². The zero-order chi connectivity index (χ0) is 16.4. The van der Waals surface area contributed by atoms with Crippen LogP contribution in [0.1, 0.15) is 40.5 Å². The molecular formula is C17H13F2N3O. The second-order valence-electron chi connectivity index (χ2n) is 5.37.